The lowest BCUT2D eigenvalue weighted by Crippen LogP contribution is -1.81. The largest absolute Gasteiger partial charge is 0.574 e. The molecule has 0 radical (unpaired) electrons. The van der Waals surface area contributed by atoms with Gasteiger partial charge in [-0.05, 0) is 36.8 Å². The van der Waals surface area contributed by atoms with Crippen LogP contribution in [0.4, 0.5) is 5.69 Å². The third kappa shape index (κ3) is 3.22. The van der Waals surface area contributed by atoms with E-state index in [-0.39, 0.29) is 0 Å². The molecule has 92 valence electrons. The fourth-order valence-corrected chi connectivity index (χ4v) is 2.06. The minimum atomic E-state index is 0.492. The molecule has 0 aliphatic heterocycles. The summed E-state index contributed by atoms with van der Waals surface area (Å²) in [5.41, 5.74) is 6.55. The molecule has 1 heterocycles. The van der Waals surface area contributed by atoms with Crippen LogP contribution in [0.3, 0.4) is 0 Å². The van der Waals surface area contributed by atoms with Crippen molar-refractivity contribution < 1.29 is 0 Å². The molecule has 0 spiro atoms. The second-order valence-corrected chi connectivity index (χ2v) is 4.52. The van der Waals surface area contributed by atoms with Gasteiger partial charge in [0.1, 0.15) is 0 Å². The van der Waals surface area contributed by atoms with E-state index in [1.165, 1.54) is 0 Å². The normalized spacial score (nSPS) is 10.8. The topological polar surface area (TPSA) is 39.4 Å². The zero-order valence-electron chi connectivity index (χ0n) is 9.64. The average molecular weight is 279 g/mol. The van der Waals surface area contributed by atoms with Crippen molar-refractivity contribution in [1.82, 2.24) is 4.98 Å². The summed E-state index contributed by atoms with van der Waals surface area (Å²) in [6.07, 6.45) is 5.04. The first kappa shape index (κ1) is 12.9. The fourth-order valence-electron chi connectivity index (χ4n) is 1.42. The van der Waals surface area contributed by atoms with Crippen LogP contribution in [0.5, 0.6) is 0 Å². The van der Waals surface area contributed by atoms with E-state index >= 15 is 0 Å². The summed E-state index contributed by atoms with van der Waals surface area (Å²) in [6.45, 7) is 1.89. The van der Waals surface area contributed by atoms with Gasteiger partial charge in [-0.2, -0.15) is 0 Å². The van der Waals surface area contributed by atoms with E-state index in [0.717, 1.165) is 11.1 Å². The van der Waals surface area contributed by atoms with Crippen molar-refractivity contribution in [1.29, 1.82) is 0 Å². The van der Waals surface area contributed by atoms with Crippen LogP contribution in [-0.2, 0) is 0 Å². The summed E-state index contributed by atoms with van der Waals surface area (Å²) in [5, 5.41) is 5.09. The minimum absolute atomic E-state index is 0.492. The average Bonchev–Trinajstić information content (AvgIpc) is 2.34. The van der Waals surface area contributed by atoms with Crippen LogP contribution in [0.25, 0.3) is 5.43 Å². The molecule has 0 unspecified atom stereocenters. The van der Waals surface area contributed by atoms with Crippen LogP contribution in [0.2, 0.25) is 10.0 Å². The molecule has 0 amide bonds. The van der Waals surface area contributed by atoms with Gasteiger partial charge in [-0.15, -0.1) is 5.69 Å². The molecule has 0 N–H and O–H groups in total. The van der Waals surface area contributed by atoms with Gasteiger partial charge in [-0.3, -0.25) is 4.98 Å². The predicted molar refractivity (Wildman–Crippen MR) is 76.0 cm³/mol. The van der Waals surface area contributed by atoms with Crippen LogP contribution in [0.15, 0.2) is 41.8 Å². The Bertz CT molecular complexity index is 545. The molecule has 0 atom stereocenters. The van der Waals surface area contributed by atoms with E-state index in [9.17, 15) is 0 Å². The number of pyridine rings is 1. The number of hydrogen-bond acceptors (Lipinski definition) is 2. The van der Waals surface area contributed by atoms with E-state index in [0.29, 0.717) is 15.7 Å². The lowest BCUT2D eigenvalue weighted by Gasteiger charge is -2.20. The number of benzene rings is 1. The molecule has 0 aliphatic carbocycles. The highest BCUT2D eigenvalue weighted by atomic mass is 35.5. The van der Waals surface area contributed by atoms with Gasteiger partial charge in [0.2, 0.25) is 0 Å². The van der Waals surface area contributed by atoms with Crippen LogP contribution in [0, 0.1) is 6.92 Å². The molecule has 18 heavy (non-hydrogen) atoms. The molecule has 2 rings (SSSR count). The fraction of sp³-hybridized carbons (Fsp3) is 0.0769. The van der Waals surface area contributed by atoms with Gasteiger partial charge in [0.15, 0.2) is 0 Å². The first-order chi connectivity index (χ1) is 8.66. The predicted octanol–water partition coefficient (Wildman–Crippen LogP) is 4.74. The number of nitrogens with zero attached hydrogens (tertiary/aromatic N) is 3. The Morgan fingerprint density at radius 3 is 2.61 bits per heavy atom. The number of aromatic nitrogens is 1. The van der Waals surface area contributed by atoms with Crippen molar-refractivity contribution in [2.75, 3.05) is 0 Å². The highest BCUT2D eigenvalue weighted by Crippen LogP contribution is 2.35. The van der Waals surface area contributed by atoms with Crippen LogP contribution in [-0.4, -0.2) is 11.2 Å². The minimum Gasteiger partial charge on any atom is -0.574 e. The standard InChI is InChI=1S/C13H10Cl2N3/c1-9-6-11(14)7-12(15)13(9)18-17-8-10-2-4-16-5-3-10/h2-8H,1H3/q-1/b17-8+. The van der Waals surface area contributed by atoms with Gasteiger partial charge >= 0.3 is 0 Å². The molecule has 5 heteroatoms. The van der Waals surface area contributed by atoms with E-state index < -0.39 is 0 Å². The molecule has 3 nitrogen and oxygen atoms in total. The molecule has 0 aliphatic rings. The van der Waals surface area contributed by atoms with Gasteiger partial charge in [-0.25, -0.2) is 0 Å². The second-order valence-electron chi connectivity index (χ2n) is 3.68. The Kier molecular flexibility index (Phi) is 4.18. The molecule has 1 aromatic heterocycles. The maximum absolute atomic E-state index is 6.05. The van der Waals surface area contributed by atoms with E-state index in [1.807, 2.05) is 19.1 Å². The number of hydrogen-bond donors (Lipinski definition) is 0. The third-order valence-electron chi connectivity index (χ3n) is 2.29. The maximum atomic E-state index is 6.05. The lowest BCUT2D eigenvalue weighted by atomic mass is 10.2. The quantitative estimate of drug-likeness (QED) is 0.591. The Labute approximate surface area is 115 Å². The zero-order chi connectivity index (χ0) is 13.0. The van der Waals surface area contributed by atoms with Gasteiger partial charge in [0.05, 0.1) is 0 Å². The Morgan fingerprint density at radius 1 is 1.22 bits per heavy atom. The highest BCUT2D eigenvalue weighted by molar-refractivity contribution is 6.36. The highest BCUT2D eigenvalue weighted by Gasteiger charge is 1.97. The molecule has 0 saturated carbocycles. The van der Waals surface area contributed by atoms with Gasteiger partial charge < -0.3 is 10.5 Å². The molecule has 2 aromatic rings. The Balaban J connectivity index is 2.14. The number of halogens is 2. The molecular formula is C13H10Cl2N3-. The number of aryl methyl sites for hydroxylation is 1. The van der Waals surface area contributed by atoms with E-state index in [2.05, 4.69) is 15.5 Å². The first-order valence-corrected chi connectivity index (χ1v) is 6.02. The smallest absolute Gasteiger partial charge is 0.0422 e. The van der Waals surface area contributed by atoms with Gasteiger partial charge in [0, 0.05) is 28.7 Å². The Hall–Kier alpha value is -1.58. The van der Waals surface area contributed by atoms with Gasteiger partial charge in [0.25, 0.3) is 0 Å². The Morgan fingerprint density at radius 2 is 1.94 bits per heavy atom. The monoisotopic (exact) mass is 278 g/mol. The SMILES string of the molecule is Cc1cc(Cl)cc(Cl)c1[N-]/N=C/c1ccncc1. The van der Waals surface area contributed by atoms with E-state index in [4.69, 9.17) is 23.2 Å². The lowest BCUT2D eigenvalue weighted by molar-refractivity contribution is 1.32. The molecule has 0 fully saturated rings. The number of rotatable bonds is 3. The van der Waals surface area contributed by atoms with Gasteiger partial charge in [-0.1, -0.05) is 28.8 Å². The van der Waals surface area contributed by atoms with Crippen molar-refractivity contribution in [2.24, 2.45) is 5.10 Å². The van der Waals surface area contributed by atoms with Crippen molar-refractivity contribution in [3.05, 3.63) is 63.3 Å². The summed E-state index contributed by atoms with van der Waals surface area (Å²) in [6, 6.07) is 7.13. The van der Waals surface area contributed by atoms with Crippen molar-refractivity contribution >= 4 is 35.1 Å². The summed E-state index contributed by atoms with van der Waals surface area (Å²) in [7, 11) is 0. The molecular weight excluding hydrogens is 269 g/mol. The van der Waals surface area contributed by atoms with E-state index in [1.54, 1.807) is 30.7 Å². The summed E-state index contributed by atoms with van der Waals surface area (Å²) in [4.78, 5) is 3.92. The maximum Gasteiger partial charge on any atom is 0.0422 e. The van der Waals surface area contributed by atoms with Crippen LogP contribution >= 0.6 is 23.2 Å². The van der Waals surface area contributed by atoms with Crippen LogP contribution in [0.1, 0.15) is 11.1 Å². The van der Waals surface area contributed by atoms with Crippen LogP contribution < -0.4 is 0 Å². The third-order valence-corrected chi connectivity index (χ3v) is 2.80. The summed E-state index contributed by atoms with van der Waals surface area (Å²) in [5.74, 6) is 0. The summed E-state index contributed by atoms with van der Waals surface area (Å²) < 4.78 is 0. The van der Waals surface area contributed by atoms with Crippen molar-refractivity contribution in [3.63, 3.8) is 0 Å². The first-order valence-electron chi connectivity index (χ1n) is 5.26. The summed E-state index contributed by atoms with van der Waals surface area (Å²) >= 11 is 11.9. The molecule has 1 aromatic carbocycles. The van der Waals surface area contributed by atoms with Crippen molar-refractivity contribution in [2.45, 2.75) is 6.92 Å². The molecule has 0 bridgehead atoms. The van der Waals surface area contributed by atoms with Crippen molar-refractivity contribution in [3.8, 4) is 0 Å². The zero-order valence-corrected chi connectivity index (χ0v) is 11.2. The molecule has 0 saturated heterocycles. The second kappa shape index (κ2) is 5.85.